The Bertz CT molecular complexity index is 1210. The second kappa shape index (κ2) is 14.4. The number of Topliss-reactive ketones (excluding diaryl/α,β-unsaturated/α-hetero) is 1. The van der Waals surface area contributed by atoms with Crippen molar-refractivity contribution < 1.29 is 33.1 Å². The Labute approximate surface area is 233 Å². The Morgan fingerprint density at radius 3 is 2.12 bits per heavy atom. The van der Waals surface area contributed by atoms with Crippen molar-refractivity contribution in [2.24, 2.45) is 11.8 Å². The van der Waals surface area contributed by atoms with Crippen LogP contribution in [-0.4, -0.2) is 51.2 Å². The highest BCUT2D eigenvalue weighted by atomic mass is 16.6. The van der Waals surface area contributed by atoms with Gasteiger partial charge >= 0.3 is 17.8 Å². The summed E-state index contributed by atoms with van der Waals surface area (Å²) in [6.07, 6.45) is -0.280. The van der Waals surface area contributed by atoms with E-state index in [-0.39, 0.29) is 31.3 Å². The van der Waals surface area contributed by atoms with Crippen LogP contribution in [0.15, 0.2) is 39.5 Å². The third-order valence-electron chi connectivity index (χ3n) is 5.38. The number of nitrogens with zero attached hydrogens (tertiary/aromatic N) is 2. The van der Waals surface area contributed by atoms with Crippen molar-refractivity contribution in [3.8, 4) is 0 Å². The number of carbonyl (C=O) groups is 4. The molecule has 0 radical (unpaired) electrons. The maximum atomic E-state index is 13.3. The smallest absolute Gasteiger partial charge is 0.438 e. The Morgan fingerprint density at radius 1 is 0.950 bits per heavy atom. The van der Waals surface area contributed by atoms with Crippen molar-refractivity contribution in [1.82, 2.24) is 20.4 Å². The second-order valence-electron chi connectivity index (χ2n) is 11.4. The van der Waals surface area contributed by atoms with Crippen LogP contribution in [0.2, 0.25) is 0 Å². The van der Waals surface area contributed by atoms with E-state index in [4.69, 9.17) is 13.9 Å². The number of ketones is 1. The van der Waals surface area contributed by atoms with Gasteiger partial charge in [-0.1, -0.05) is 58.0 Å². The van der Waals surface area contributed by atoms with E-state index in [1.165, 1.54) is 0 Å². The number of ether oxygens (including phenoxy) is 2. The molecule has 0 spiro atoms. The third-order valence-corrected chi connectivity index (χ3v) is 5.38. The number of carbonyl (C=O) groups excluding carboxylic acids is 4. The molecule has 0 aliphatic heterocycles. The molecule has 1 heterocycles. The topological polar surface area (TPSA) is 159 Å². The van der Waals surface area contributed by atoms with Crippen LogP contribution in [0.3, 0.4) is 0 Å². The van der Waals surface area contributed by atoms with Crippen molar-refractivity contribution >= 4 is 23.8 Å². The first-order valence-electron chi connectivity index (χ1n) is 13.3. The summed E-state index contributed by atoms with van der Waals surface area (Å²) >= 11 is 0. The van der Waals surface area contributed by atoms with Gasteiger partial charge in [-0.2, -0.15) is 4.68 Å². The fourth-order valence-corrected chi connectivity index (χ4v) is 3.74. The Balaban J connectivity index is 2.14. The molecular formula is C28H40N4O8. The van der Waals surface area contributed by atoms with Gasteiger partial charge in [-0.15, -0.1) is 5.10 Å². The highest BCUT2D eigenvalue weighted by Gasteiger charge is 2.32. The van der Waals surface area contributed by atoms with Gasteiger partial charge in [0, 0.05) is 0 Å². The fraction of sp³-hybridized carbons (Fsp3) is 0.571. The summed E-state index contributed by atoms with van der Waals surface area (Å²) in [5, 5.41) is 9.11. The molecule has 12 heteroatoms. The van der Waals surface area contributed by atoms with Gasteiger partial charge in [-0.05, 0) is 51.0 Å². The van der Waals surface area contributed by atoms with Crippen LogP contribution < -0.4 is 16.4 Å². The van der Waals surface area contributed by atoms with E-state index in [1.54, 1.807) is 32.9 Å². The quantitative estimate of drug-likeness (QED) is 0.277. The van der Waals surface area contributed by atoms with E-state index in [0.717, 1.165) is 5.56 Å². The van der Waals surface area contributed by atoms with Crippen molar-refractivity contribution in [3.63, 3.8) is 0 Å². The average Bonchev–Trinajstić information content (AvgIpc) is 3.20. The summed E-state index contributed by atoms with van der Waals surface area (Å²) in [6, 6.07) is 7.01. The molecule has 2 atom stereocenters. The summed E-state index contributed by atoms with van der Waals surface area (Å²) < 4.78 is 16.2. The lowest BCUT2D eigenvalue weighted by Gasteiger charge is -2.24. The lowest BCUT2D eigenvalue weighted by atomic mass is 9.98. The van der Waals surface area contributed by atoms with Crippen LogP contribution in [0.5, 0.6) is 0 Å². The third kappa shape index (κ3) is 11.0. The molecule has 0 bridgehead atoms. The first kappa shape index (κ1) is 32.3. The van der Waals surface area contributed by atoms with Crippen molar-refractivity contribution in [2.45, 2.75) is 92.1 Å². The zero-order valence-corrected chi connectivity index (χ0v) is 24.2. The SMILES string of the molecule is CC(C)CC(NC(=O)OCc1ccccc1)C(=O)NC(CC(C)C)C(=O)c1nn(CC(=O)OC(C)(C)C)c(=O)o1. The van der Waals surface area contributed by atoms with Gasteiger partial charge in [0.05, 0.1) is 6.04 Å². The molecule has 0 saturated carbocycles. The van der Waals surface area contributed by atoms with E-state index in [0.29, 0.717) is 4.68 Å². The minimum Gasteiger partial charge on any atom is -0.459 e. The van der Waals surface area contributed by atoms with E-state index in [9.17, 15) is 24.0 Å². The number of nitrogens with one attached hydrogen (secondary N) is 2. The Kier molecular flexibility index (Phi) is 11.6. The Hall–Kier alpha value is -3.96. The van der Waals surface area contributed by atoms with Gasteiger partial charge in [-0.25, -0.2) is 9.59 Å². The predicted octanol–water partition coefficient (Wildman–Crippen LogP) is 3.23. The van der Waals surface area contributed by atoms with Crippen LogP contribution in [-0.2, 0) is 32.2 Å². The van der Waals surface area contributed by atoms with Crippen molar-refractivity contribution in [3.05, 3.63) is 52.3 Å². The molecule has 1 aromatic carbocycles. The largest absolute Gasteiger partial charge is 0.459 e. The normalized spacial score (nSPS) is 13.0. The van der Waals surface area contributed by atoms with E-state index in [2.05, 4.69) is 15.7 Å². The number of amides is 2. The van der Waals surface area contributed by atoms with E-state index >= 15 is 0 Å². The monoisotopic (exact) mass is 560 g/mol. The molecule has 2 rings (SSSR count). The predicted molar refractivity (Wildman–Crippen MR) is 145 cm³/mol. The van der Waals surface area contributed by atoms with E-state index < -0.39 is 59.6 Å². The van der Waals surface area contributed by atoms with E-state index in [1.807, 2.05) is 45.9 Å². The van der Waals surface area contributed by atoms with Crippen LogP contribution in [0, 0.1) is 11.8 Å². The summed E-state index contributed by atoms with van der Waals surface area (Å²) in [4.78, 5) is 63.4. The molecule has 1 aromatic heterocycles. The van der Waals surface area contributed by atoms with Gasteiger partial charge in [-0.3, -0.25) is 14.4 Å². The molecule has 0 aliphatic rings. The molecule has 0 fully saturated rings. The molecular weight excluding hydrogens is 520 g/mol. The lowest BCUT2D eigenvalue weighted by Crippen LogP contribution is -2.52. The number of rotatable bonds is 13. The first-order chi connectivity index (χ1) is 18.6. The maximum Gasteiger partial charge on any atom is 0.438 e. The summed E-state index contributed by atoms with van der Waals surface area (Å²) in [6.45, 7) is 12.0. The lowest BCUT2D eigenvalue weighted by molar-refractivity contribution is -0.155. The second-order valence-corrected chi connectivity index (χ2v) is 11.4. The highest BCUT2D eigenvalue weighted by molar-refractivity contribution is 5.99. The molecule has 12 nitrogen and oxygen atoms in total. The fourth-order valence-electron chi connectivity index (χ4n) is 3.74. The Morgan fingerprint density at radius 2 is 1.55 bits per heavy atom. The summed E-state index contributed by atoms with van der Waals surface area (Å²) in [7, 11) is 0. The molecule has 40 heavy (non-hydrogen) atoms. The molecule has 2 unspecified atom stereocenters. The number of esters is 1. The standard InChI is InChI=1S/C28H40N4O8/c1-17(2)13-20(23(34)25-31-32(27(37)39-25)15-22(33)40-28(5,6)7)29-24(35)21(14-18(3)4)30-26(36)38-16-19-11-9-8-10-12-19/h8-12,17-18,20-21H,13-16H2,1-7H3,(H,29,35)(H,30,36). The highest BCUT2D eigenvalue weighted by Crippen LogP contribution is 2.13. The number of hydrogen-bond donors (Lipinski definition) is 2. The van der Waals surface area contributed by atoms with Gasteiger partial charge in [0.2, 0.25) is 11.7 Å². The molecule has 2 amide bonds. The van der Waals surface area contributed by atoms with Crippen molar-refractivity contribution in [2.75, 3.05) is 0 Å². The number of hydrogen-bond acceptors (Lipinski definition) is 9. The summed E-state index contributed by atoms with van der Waals surface area (Å²) in [5.41, 5.74) is 0.0160. The van der Waals surface area contributed by atoms with Crippen LogP contribution >= 0.6 is 0 Å². The average molecular weight is 561 g/mol. The maximum absolute atomic E-state index is 13.3. The van der Waals surface area contributed by atoms with Crippen molar-refractivity contribution in [1.29, 1.82) is 0 Å². The first-order valence-corrected chi connectivity index (χ1v) is 13.3. The van der Waals surface area contributed by atoms with Gasteiger partial charge in [0.1, 0.15) is 24.8 Å². The van der Waals surface area contributed by atoms with Crippen LogP contribution in [0.4, 0.5) is 4.79 Å². The van der Waals surface area contributed by atoms with Gasteiger partial charge < -0.3 is 24.5 Å². The zero-order valence-electron chi connectivity index (χ0n) is 24.2. The molecule has 0 saturated heterocycles. The number of aromatic nitrogens is 2. The minimum absolute atomic E-state index is 0.0299. The molecule has 2 N–H and O–H groups in total. The zero-order chi connectivity index (χ0) is 30.0. The van der Waals surface area contributed by atoms with Crippen LogP contribution in [0.1, 0.15) is 77.6 Å². The van der Waals surface area contributed by atoms with Gasteiger partial charge in [0.25, 0.3) is 5.89 Å². The number of benzene rings is 1. The molecule has 220 valence electrons. The van der Waals surface area contributed by atoms with Gasteiger partial charge in [0.15, 0.2) is 0 Å². The minimum atomic E-state index is -1.10. The molecule has 0 aliphatic carbocycles. The number of alkyl carbamates (subject to hydrolysis) is 1. The van der Waals surface area contributed by atoms with Crippen LogP contribution in [0.25, 0.3) is 0 Å². The summed E-state index contributed by atoms with van der Waals surface area (Å²) in [5.74, 6) is -3.62. The molecule has 2 aromatic rings.